The number of hydrogen-bond donors (Lipinski definition) is 0. The van der Waals surface area contributed by atoms with Crippen LogP contribution in [-0.4, -0.2) is 37.2 Å². The van der Waals surface area contributed by atoms with E-state index in [2.05, 4.69) is 25.8 Å². The van der Waals surface area contributed by atoms with Gasteiger partial charge in [0.25, 0.3) is 0 Å². The Hall–Kier alpha value is -0.0800. The zero-order valence-electron chi connectivity index (χ0n) is 8.55. The highest BCUT2D eigenvalue weighted by Gasteiger charge is 2.18. The lowest BCUT2D eigenvalue weighted by atomic mass is 10.0. The van der Waals surface area contributed by atoms with Gasteiger partial charge < -0.3 is 9.64 Å². The lowest BCUT2D eigenvalue weighted by Crippen LogP contribution is -2.39. The molecule has 2 heteroatoms. The van der Waals surface area contributed by atoms with E-state index < -0.39 is 0 Å². The minimum Gasteiger partial charge on any atom is -0.377 e. The largest absolute Gasteiger partial charge is 0.377 e. The molecule has 1 saturated heterocycles. The normalized spacial score (nSPS) is 26.5. The Morgan fingerprint density at radius 2 is 2.17 bits per heavy atom. The Morgan fingerprint density at radius 1 is 1.42 bits per heavy atom. The topological polar surface area (TPSA) is 12.5 Å². The molecule has 72 valence electrons. The number of ether oxygens (including phenoxy) is 1. The van der Waals surface area contributed by atoms with Gasteiger partial charge in [0.1, 0.15) is 0 Å². The lowest BCUT2D eigenvalue weighted by molar-refractivity contribution is 0.0201. The van der Waals surface area contributed by atoms with Gasteiger partial charge in [-0.1, -0.05) is 6.42 Å². The van der Waals surface area contributed by atoms with Crippen molar-refractivity contribution >= 4 is 0 Å². The van der Waals surface area contributed by atoms with Crippen molar-refractivity contribution in [2.24, 2.45) is 0 Å². The summed E-state index contributed by atoms with van der Waals surface area (Å²) >= 11 is 0. The van der Waals surface area contributed by atoms with Gasteiger partial charge in [-0.2, -0.15) is 0 Å². The van der Waals surface area contributed by atoms with E-state index in [1.165, 1.54) is 25.8 Å². The van der Waals surface area contributed by atoms with Crippen LogP contribution in [0, 0.1) is 0 Å². The van der Waals surface area contributed by atoms with Crippen LogP contribution in [0.2, 0.25) is 0 Å². The van der Waals surface area contributed by atoms with Gasteiger partial charge in [-0.15, -0.1) is 0 Å². The zero-order valence-corrected chi connectivity index (χ0v) is 8.55. The van der Waals surface area contributed by atoms with E-state index in [0.717, 1.165) is 6.61 Å². The van der Waals surface area contributed by atoms with Gasteiger partial charge in [0.15, 0.2) is 0 Å². The van der Waals surface area contributed by atoms with Crippen LogP contribution in [0.3, 0.4) is 0 Å². The van der Waals surface area contributed by atoms with E-state index >= 15 is 0 Å². The average Bonchev–Trinajstić information content (AvgIpc) is 2.03. The van der Waals surface area contributed by atoms with Crippen molar-refractivity contribution in [3.63, 3.8) is 0 Å². The Bertz CT molecular complexity index is 125. The van der Waals surface area contributed by atoms with E-state index in [0.29, 0.717) is 12.1 Å². The maximum atomic E-state index is 5.61. The van der Waals surface area contributed by atoms with Crippen LogP contribution in [0.5, 0.6) is 0 Å². The molecule has 0 aromatic carbocycles. The molecule has 1 heterocycles. The molecule has 1 atom stereocenters. The summed E-state index contributed by atoms with van der Waals surface area (Å²) in [6, 6.07) is 0.668. The second-order valence-corrected chi connectivity index (χ2v) is 4.01. The molecule has 0 amide bonds. The predicted octanol–water partition coefficient (Wildman–Crippen LogP) is 1.90. The van der Waals surface area contributed by atoms with Crippen LogP contribution in [0.1, 0.15) is 33.1 Å². The minimum atomic E-state index is 0.375. The third kappa shape index (κ3) is 3.11. The standard InChI is InChI=1S/C10H21NO/c1-9(2)12-8-10-6-4-5-7-11(10)3/h9-10H,4-8H2,1-3H3/t10-/m0/s1. The van der Waals surface area contributed by atoms with Crippen LogP contribution >= 0.6 is 0 Å². The smallest absolute Gasteiger partial charge is 0.0625 e. The van der Waals surface area contributed by atoms with Crippen molar-refractivity contribution in [2.45, 2.75) is 45.3 Å². The highest BCUT2D eigenvalue weighted by atomic mass is 16.5. The highest BCUT2D eigenvalue weighted by Crippen LogP contribution is 2.15. The summed E-state index contributed by atoms with van der Waals surface area (Å²) in [5, 5.41) is 0. The number of hydrogen-bond acceptors (Lipinski definition) is 2. The molecule has 0 spiro atoms. The van der Waals surface area contributed by atoms with Crippen LogP contribution in [0.15, 0.2) is 0 Å². The molecule has 12 heavy (non-hydrogen) atoms. The summed E-state index contributed by atoms with van der Waals surface area (Å²) in [7, 11) is 2.20. The fourth-order valence-corrected chi connectivity index (χ4v) is 1.66. The van der Waals surface area contributed by atoms with Gasteiger partial charge in [-0.3, -0.25) is 0 Å². The fraction of sp³-hybridized carbons (Fsp3) is 1.00. The van der Waals surface area contributed by atoms with Crippen LogP contribution in [0.4, 0.5) is 0 Å². The molecule has 2 nitrogen and oxygen atoms in total. The van der Waals surface area contributed by atoms with E-state index in [-0.39, 0.29) is 0 Å². The summed E-state index contributed by atoms with van der Waals surface area (Å²) in [5.41, 5.74) is 0. The van der Waals surface area contributed by atoms with Crippen molar-refractivity contribution in [1.82, 2.24) is 4.90 Å². The molecular weight excluding hydrogens is 150 g/mol. The van der Waals surface area contributed by atoms with Crippen molar-refractivity contribution in [3.05, 3.63) is 0 Å². The van der Waals surface area contributed by atoms with Gasteiger partial charge in [0, 0.05) is 6.04 Å². The molecule has 0 aromatic rings. The number of rotatable bonds is 3. The molecule has 0 N–H and O–H groups in total. The lowest BCUT2D eigenvalue weighted by Gasteiger charge is -2.32. The Labute approximate surface area is 75.9 Å². The summed E-state index contributed by atoms with van der Waals surface area (Å²) in [5.74, 6) is 0. The molecule has 1 fully saturated rings. The molecule has 1 aliphatic heterocycles. The maximum Gasteiger partial charge on any atom is 0.0625 e. The maximum absolute atomic E-state index is 5.61. The minimum absolute atomic E-state index is 0.375. The summed E-state index contributed by atoms with van der Waals surface area (Å²) < 4.78 is 5.61. The quantitative estimate of drug-likeness (QED) is 0.643. The average molecular weight is 171 g/mol. The number of likely N-dealkylation sites (tertiary alicyclic amines) is 1. The molecule has 1 rings (SSSR count). The third-order valence-corrected chi connectivity index (χ3v) is 2.54. The second-order valence-electron chi connectivity index (χ2n) is 4.01. The summed E-state index contributed by atoms with van der Waals surface area (Å²) in [6.45, 7) is 6.35. The molecule has 0 unspecified atom stereocenters. The SMILES string of the molecule is CC(C)OC[C@@H]1CCCCN1C. The first-order chi connectivity index (χ1) is 5.70. The molecule has 0 aromatic heterocycles. The Morgan fingerprint density at radius 3 is 2.75 bits per heavy atom. The van der Waals surface area contributed by atoms with Gasteiger partial charge in [0.05, 0.1) is 12.7 Å². The van der Waals surface area contributed by atoms with Crippen molar-refractivity contribution in [2.75, 3.05) is 20.2 Å². The summed E-state index contributed by atoms with van der Waals surface area (Å²) in [6.07, 6.45) is 4.41. The summed E-state index contributed by atoms with van der Waals surface area (Å²) in [4.78, 5) is 2.42. The van der Waals surface area contributed by atoms with E-state index in [9.17, 15) is 0 Å². The second kappa shape index (κ2) is 4.83. The van der Waals surface area contributed by atoms with Crippen LogP contribution in [0.25, 0.3) is 0 Å². The molecule has 0 aliphatic carbocycles. The highest BCUT2D eigenvalue weighted by molar-refractivity contribution is 4.73. The first kappa shape index (κ1) is 10.0. The van der Waals surface area contributed by atoms with Crippen molar-refractivity contribution in [1.29, 1.82) is 0 Å². The first-order valence-corrected chi connectivity index (χ1v) is 5.02. The van der Waals surface area contributed by atoms with Gasteiger partial charge in [-0.05, 0) is 40.3 Å². The van der Waals surface area contributed by atoms with E-state index in [1.807, 2.05) is 0 Å². The van der Waals surface area contributed by atoms with E-state index in [1.54, 1.807) is 0 Å². The predicted molar refractivity (Wildman–Crippen MR) is 51.4 cm³/mol. The molecule has 0 bridgehead atoms. The van der Waals surface area contributed by atoms with Gasteiger partial charge in [0.2, 0.25) is 0 Å². The van der Waals surface area contributed by atoms with Gasteiger partial charge in [-0.25, -0.2) is 0 Å². The monoisotopic (exact) mass is 171 g/mol. The Balaban J connectivity index is 2.20. The number of likely N-dealkylation sites (N-methyl/N-ethyl adjacent to an activating group) is 1. The zero-order chi connectivity index (χ0) is 8.97. The van der Waals surface area contributed by atoms with Gasteiger partial charge >= 0.3 is 0 Å². The van der Waals surface area contributed by atoms with E-state index in [4.69, 9.17) is 4.74 Å². The first-order valence-electron chi connectivity index (χ1n) is 5.02. The van der Waals surface area contributed by atoms with Crippen molar-refractivity contribution < 1.29 is 4.74 Å². The third-order valence-electron chi connectivity index (χ3n) is 2.54. The molecule has 0 radical (unpaired) electrons. The van der Waals surface area contributed by atoms with Crippen molar-refractivity contribution in [3.8, 4) is 0 Å². The molecule has 1 aliphatic rings. The number of piperidine rings is 1. The fourth-order valence-electron chi connectivity index (χ4n) is 1.66. The van der Waals surface area contributed by atoms with Crippen LogP contribution < -0.4 is 0 Å². The van der Waals surface area contributed by atoms with Crippen LogP contribution in [-0.2, 0) is 4.74 Å². The molecule has 0 saturated carbocycles. The Kier molecular flexibility index (Phi) is 4.02. The number of nitrogens with zero attached hydrogens (tertiary/aromatic N) is 1. The molecular formula is C10H21NO.